The number of carbonyl (C=O) groups is 1. The highest BCUT2D eigenvalue weighted by Gasteiger charge is 2.29. The Hall–Kier alpha value is -1.82. The maximum absolute atomic E-state index is 12.4. The van der Waals surface area contributed by atoms with Crippen molar-refractivity contribution in [3.63, 3.8) is 0 Å². The fourth-order valence-electron chi connectivity index (χ4n) is 1.43. The molecular weight excluding hydrogens is 280 g/mol. The monoisotopic (exact) mass is 298 g/mol. The van der Waals surface area contributed by atoms with Gasteiger partial charge in [-0.2, -0.15) is 0 Å². The molecule has 0 atom stereocenters. The molecule has 20 heavy (non-hydrogen) atoms. The van der Waals surface area contributed by atoms with Crippen LogP contribution in [0, 0.1) is 6.92 Å². The van der Waals surface area contributed by atoms with Crippen molar-refractivity contribution in [1.29, 1.82) is 0 Å². The number of esters is 1. The minimum Gasteiger partial charge on any atom is -0.500 e. The van der Waals surface area contributed by atoms with Gasteiger partial charge in [0.05, 0.1) is 18.1 Å². The minimum absolute atomic E-state index is 0.0297. The number of benzene rings is 1. The minimum atomic E-state index is -3.95. The van der Waals surface area contributed by atoms with Crippen LogP contribution in [0.15, 0.2) is 40.3 Å². The predicted octanol–water partition coefficient (Wildman–Crippen LogP) is 2.21. The second-order valence-electron chi connectivity index (χ2n) is 3.97. The number of sulfone groups is 1. The second kappa shape index (κ2) is 7.09. The van der Waals surface area contributed by atoms with Gasteiger partial charge in [-0.15, -0.1) is 0 Å². The van der Waals surface area contributed by atoms with E-state index >= 15 is 0 Å². The van der Waals surface area contributed by atoms with Gasteiger partial charge in [0.1, 0.15) is 6.26 Å². The van der Waals surface area contributed by atoms with Crippen molar-refractivity contribution in [1.82, 2.24) is 0 Å². The number of carbonyl (C=O) groups excluding carboxylic acids is 1. The van der Waals surface area contributed by atoms with Crippen molar-refractivity contribution in [2.24, 2.45) is 0 Å². The van der Waals surface area contributed by atoms with E-state index in [4.69, 9.17) is 9.47 Å². The number of hydrogen-bond acceptors (Lipinski definition) is 5. The number of ether oxygens (including phenoxy) is 2. The molecule has 0 N–H and O–H groups in total. The molecule has 0 amide bonds. The van der Waals surface area contributed by atoms with E-state index in [9.17, 15) is 13.2 Å². The normalized spacial score (nSPS) is 12.1. The van der Waals surface area contributed by atoms with Gasteiger partial charge in [-0.05, 0) is 32.9 Å². The van der Waals surface area contributed by atoms with Crippen LogP contribution in [-0.4, -0.2) is 27.6 Å². The van der Waals surface area contributed by atoms with Gasteiger partial charge < -0.3 is 9.47 Å². The molecule has 0 aliphatic carbocycles. The second-order valence-corrected chi connectivity index (χ2v) is 5.89. The van der Waals surface area contributed by atoms with E-state index in [-0.39, 0.29) is 18.1 Å². The van der Waals surface area contributed by atoms with Crippen LogP contribution in [0.25, 0.3) is 0 Å². The number of aryl methyl sites for hydroxylation is 1. The van der Waals surface area contributed by atoms with Crippen molar-refractivity contribution in [3.05, 3.63) is 41.0 Å². The summed E-state index contributed by atoms with van der Waals surface area (Å²) in [4.78, 5) is 11.3. The quantitative estimate of drug-likeness (QED) is 0.457. The summed E-state index contributed by atoms with van der Waals surface area (Å²) in [7, 11) is -3.95. The van der Waals surface area contributed by atoms with Crippen LogP contribution >= 0.6 is 0 Å². The van der Waals surface area contributed by atoms with Gasteiger partial charge in [-0.1, -0.05) is 17.7 Å². The van der Waals surface area contributed by atoms with Crippen molar-refractivity contribution >= 4 is 15.8 Å². The molecule has 6 heteroatoms. The average Bonchev–Trinajstić information content (AvgIpc) is 2.39. The van der Waals surface area contributed by atoms with E-state index in [1.165, 1.54) is 12.1 Å². The maximum atomic E-state index is 12.4. The Morgan fingerprint density at radius 2 is 1.75 bits per heavy atom. The maximum Gasteiger partial charge on any atom is 0.353 e. The summed E-state index contributed by atoms with van der Waals surface area (Å²) in [6, 6.07) is 6.22. The Labute approximate surface area is 119 Å². The van der Waals surface area contributed by atoms with Gasteiger partial charge in [0.2, 0.25) is 9.84 Å². The van der Waals surface area contributed by atoms with Gasteiger partial charge in [0.25, 0.3) is 0 Å². The van der Waals surface area contributed by atoms with E-state index in [2.05, 4.69) is 0 Å². The van der Waals surface area contributed by atoms with Crippen LogP contribution in [0.1, 0.15) is 19.4 Å². The first-order valence-electron chi connectivity index (χ1n) is 6.24. The SMILES string of the molecule is CCOC=C(C(=O)OCC)S(=O)(=O)c1ccc(C)cc1. The highest BCUT2D eigenvalue weighted by atomic mass is 32.2. The predicted molar refractivity (Wildman–Crippen MR) is 74.7 cm³/mol. The van der Waals surface area contributed by atoms with Crippen LogP contribution in [0.3, 0.4) is 0 Å². The summed E-state index contributed by atoms with van der Waals surface area (Å²) in [5.41, 5.74) is 0.926. The first-order valence-corrected chi connectivity index (χ1v) is 7.72. The van der Waals surface area contributed by atoms with Crippen LogP contribution in [0.5, 0.6) is 0 Å². The molecule has 0 unspecified atom stereocenters. The summed E-state index contributed by atoms with van der Waals surface area (Å²) in [6.45, 7) is 5.49. The molecule has 0 spiro atoms. The standard InChI is InChI=1S/C14H18O5S/c1-4-18-10-13(14(15)19-5-2)20(16,17)12-8-6-11(3)7-9-12/h6-10H,4-5H2,1-3H3. The molecule has 0 aliphatic rings. The van der Waals surface area contributed by atoms with Gasteiger partial charge in [-0.3, -0.25) is 0 Å². The fraction of sp³-hybridized carbons (Fsp3) is 0.357. The fourth-order valence-corrected chi connectivity index (χ4v) is 2.65. The first-order chi connectivity index (χ1) is 9.43. The molecule has 110 valence electrons. The average molecular weight is 298 g/mol. The van der Waals surface area contributed by atoms with E-state index in [1.807, 2.05) is 6.92 Å². The Bertz CT molecular complexity index is 584. The van der Waals surface area contributed by atoms with Crippen molar-refractivity contribution in [2.75, 3.05) is 13.2 Å². The molecule has 0 aliphatic heterocycles. The lowest BCUT2D eigenvalue weighted by Gasteiger charge is -2.09. The van der Waals surface area contributed by atoms with E-state index in [1.54, 1.807) is 26.0 Å². The lowest BCUT2D eigenvalue weighted by atomic mass is 10.2. The van der Waals surface area contributed by atoms with Crippen LogP contribution in [-0.2, 0) is 24.1 Å². The molecule has 0 bridgehead atoms. The zero-order chi connectivity index (χ0) is 15.2. The highest BCUT2D eigenvalue weighted by molar-refractivity contribution is 7.96. The molecule has 0 radical (unpaired) electrons. The lowest BCUT2D eigenvalue weighted by Crippen LogP contribution is -2.17. The van der Waals surface area contributed by atoms with Crippen molar-refractivity contribution in [2.45, 2.75) is 25.7 Å². The molecule has 1 rings (SSSR count). The first kappa shape index (κ1) is 16.2. The Kier molecular flexibility index (Phi) is 5.76. The number of hydrogen-bond donors (Lipinski definition) is 0. The summed E-state index contributed by atoms with van der Waals surface area (Å²) < 4.78 is 34.6. The van der Waals surface area contributed by atoms with Crippen LogP contribution in [0.4, 0.5) is 0 Å². The Balaban J connectivity index is 3.24. The molecule has 0 saturated carbocycles. The Morgan fingerprint density at radius 1 is 1.15 bits per heavy atom. The summed E-state index contributed by atoms with van der Waals surface area (Å²) in [6.07, 6.45) is 0.938. The highest BCUT2D eigenvalue weighted by Crippen LogP contribution is 2.21. The molecule has 0 aromatic heterocycles. The van der Waals surface area contributed by atoms with Crippen LogP contribution in [0.2, 0.25) is 0 Å². The zero-order valence-corrected chi connectivity index (χ0v) is 12.6. The number of rotatable bonds is 6. The molecule has 0 heterocycles. The van der Waals surface area contributed by atoms with Crippen molar-refractivity contribution in [3.8, 4) is 0 Å². The third-order valence-electron chi connectivity index (χ3n) is 2.45. The van der Waals surface area contributed by atoms with Crippen LogP contribution < -0.4 is 0 Å². The largest absolute Gasteiger partial charge is 0.500 e. The molecule has 0 saturated heterocycles. The molecule has 1 aromatic carbocycles. The summed E-state index contributed by atoms with van der Waals surface area (Å²) in [5, 5.41) is 0. The molecule has 1 aromatic rings. The van der Waals surface area contributed by atoms with E-state index in [0.717, 1.165) is 11.8 Å². The summed E-state index contributed by atoms with van der Waals surface area (Å²) >= 11 is 0. The van der Waals surface area contributed by atoms with E-state index in [0.29, 0.717) is 0 Å². The van der Waals surface area contributed by atoms with Crippen molar-refractivity contribution < 1.29 is 22.7 Å². The third kappa shape index (κ3) is 3.84. The molecule has 0 fully saturated rings. The lowest BCUT2D eigenvalue weighted by molar-refractivity contribution is -0.137. The van der Waals surface area contributed by atoms with Gasteiger partial charge >= 0.3 is 5.97 Å². The smallest absolute Gasteiger partial charge is 0.353 e. The molecular formula is C14H18O5S. The third-order valence-corrected chi connectivity index (χ3v) is 4.19. The zero-order valence-electron chi connectivity index (χ0n) is 11.8. The van der Waals surface area contributed by atoms with Gasteiger partial charge in [0, 0.05) is 0 Å². The summed E-state index contributed by atoms with van der Waals surface area (Å²) in [5.74, 6) is -0.915. The Morgan fingerprint density at radius 3 is 2.25 bits per heavy atom. The van der Waals surface area contributed by atoms with Gasteiger partial charge in [-0.25, -0.2) is 13.2 Å². The van der Waals surface area contributed by atoms with Gasteiger partial charge in [0.15, 0.2) is 4.91 Å². The van der Waals surface area contributed by atoms with E-state index < -0.39 is 20.7 Å². The topological polar surface area (TPSA) is 69.7 Å². The molecule has 5 nitrogen and oxygen atoms in total.